The molecule has 5 aromatic carbocycles. The number of benzene rings is 5. The fourth-order valence-corrected chi connectivity index (χ4v) is 14.5. The predicted octanol–water partition coefficient (Wildman–Crippen LogP) is 13.1. The van der Waals surface area contributed by atoms with Gasteiger partial charge in [0.1, 0.15) is 0 Å². The van der Waals surface area contributed by atoms with Crippen LogP contribution in [0.25, 0.3) is 66.8 Å². The molecule has 62 heavy (non-hydrogen) atoms. The molecule has 0 saturated heterocycles. The van der Waals surface area contributed by atoms with Gasteiger partial charge in [-0.15, -0.1) is 6.07 Å². The van der Waals surface area contributed by atoms with E-state index in [2.05, 4.69) is 206 Å². The van der Waals surface area contributed by atoms with Crippen molar-refractivity contribution in [3.8, 4) is 67.5 Å². The zero-order chi connectivity index (χ0) is 44.0. The summed E-state index contributed by atoms with van der Waals surface area (Å²) in [5, 5.41) is 6.27. The van der Waals surface area contributed by atoms with Gasteiger partial charge in [-0.25, -0.2) is 0 Å². The smallest absolute Gasteiger partial charge is 2.00 e. The molecule has 0 aliphatic carbocycles. The van der Waals surface area contributed by atoms with Crippen LogP contribution in [0.4, 0.5) is 0 Å². The first-order valence-electron chi connectivity index (χ1n) is 21.9. The van der Waals surface area contributed by atoms with Crippen LogP contribution in [0, 0.1) is 12.1 Å². The summed E-state index contributed by atoms with van der Waals surface area (Å²) in [6, 6.07) is 44.4. The normalized spacial score (nSPS) is 13.1. The fourth-order valence-electron chi connectivity index (χ4n) is 8.20. The van der Waals surface area contributed by atoms with Crippen LogP contribution in [0.15, 0.2) is 103 Å². The van der Waals surface area contributed by atoms with Crippen molar-refractivity contribution in [1.82, 2.24) is 9.97 Å². The number of fused-ring (bicyclic) bond motifs is 2. The summed E-state index contributed by atoms with van der Waals surface area (Å²) in [5.41, 5.74) is 11.4. The average Bonchev–Trinajstić information content (AvgIpc) is 3.18. The number of aromatic nitrogens is 2. The Hall–Kier alpha value is -3.66. The van der Waals surface area contributed by atoms with Crippen LogP contribution >= 0.6 is 0 Å². The third-order valence-corrected chi connectivity index (χ3v) is 22.5. The topological polar surface area (TPSA) is 35.0 Å². The molecular weight excluding hydrogens is 1040 g/mol. The summed E-state index contributed by atoms with van der Waals surface area (Å²) in [6.45, 7) is 28.5. The first-order chi connectivity index (χ1) is 28.3. The van der Waals surface area contributed by atoms with Crippen LogP contribution in [0.5, 0.6) is 11.5 Å². The third kappa shape index (κ3) is 9.28. The summed E-state index contributed by atoms with van der Waals surface area (Å²) in [7, 11) is -5.05. The Kier molecular flexibility index (Phi) is 12.3. The van der Waals surface area contributed by atoms with Crippen molar-refractivity contribution in [2.24, 2.45) is 0 Å². The van der Waals surface area contributed by atoms with E-state index in [-0.39, 0.29) is 26.5 Å². The second-order valence-corrected chi connectivity index (χ2v) is 48.2. The Morgan fingerprint density at radius 2 is 1.21 bits per heavy atom. The minimum Gasteiger partial charge on any atom is 2.00 e. The molecule has 0 unspecified atom stereocenters. The van der Waals surface area contributed by atoms with Crippen molar-refractivity contribution in [3.63, 3.8) is 0 Å². The maximum atomic E-state index is 7.15. The molecular formula is C54H62GeN2OPtSi3. The van der Waals surface area contributed by atoms with Gasteiger partial charge in [0, 0.05) is 11.9 Å². The van der Waals surface area contributed by atoms with E-state index in [0.29, 0.717) is 0 Å². The molecule has 1 aliphatic rings. The van der Waals surface area contributed by atoms with Crippen LogP contribution < -0.4 is 24.7 Å². The first-order valence-corrected chi connectivity index (χ1v) is 39.7. The molecule has 3 nitrogen and oxygen atoms in total. The van der Waals surface area contributed by atoms with E-state index < -0.39 is 37.5 Å². The summed E-state index contributed by atoms with van der Waals surface area (Å²) in [6.07, 6.45) is 1.94. The number of rotatable bonds is 8. The molecule has 0 N–H and O–H groups in total. The zero-order valence-corrected chi connectivity index (χ0v) is 46.8. The molecule has 0 bridgehead atoms. The number of hydrogen-bond acceptors (Lipinski definition) is 3. The SMILES string of the molecule is CC(C)(C)c1cc(-c2cc(-c3ccc([Si](C)(C)C)cc3)ccn2)[c-]c(-c2cc3cc(-c4cc[c]([Ge]([CH3])([CH3])[CH3])cc4)cc4c3c(n2)-c2[c-]c([Si](C)(C)C)cc([Si](C)(C)C)c2O4)c1.[Pt+2]. The van der Waals surface area contributed by atoms with E-state index in [4.69, 9.17) is 14.7 Å². The molecule has 0 spiro atoms. The summed E-state index contributed by atoms with van der Waals surface area (Å²) in [4.78, 5) is 10.6. The van der Waals surface area contributed by atoms with Crippen molar-refractivity contribution < 1.29 is 25.8 Å². The third-order valence-electron chi connectivity index (χ3n) is 12.2. The molecule has 8 rings (SSSR count). The molecule has 8 heteroatoms. The molecule has 0 radical (unpaired) electrons. The minimum atomic E-state index is -1.99. The Balaban J connectivity index is 0.00000578. The number of nitrogens with zero attached hydrogens (tertiary/aromatic N) is 2. The largest absolute Gasteiger partial charge is 2.00 e. The quantitative estimate of drug-likeness (QED) is 0.112. The second-order valence-electron chi connectivity index (χ2n) is 22.4. The van der Waals surface area contributed by atoms with E-state index in [1.807, 2.05) is 6.20 Å². The van der Waals surface area contributed by atoms with Gasteiger partial charge in [0.25, 0.3) is 0 Å². The number of ether oxygens (including phenoxy) is 1. The Bertz CT molecular complexity index is 2840. The zero-order valence-electron chi connectivity index (χ0n) is 39.4. The van der Waals surface area contributed by atoms with E-state index in [1.165, 1.54) is 36.6 Å². The number of pyridine rings is 2. The van der Waals surface area contributed by atoms with Gasteiger partial charge in [-0.2, -0.15) is 0 Å². The maximum Gasteiger partial charge on any atom is 2.00 e. The summed E-state index contributed by atoms with van der Waals surface area (Å²) >= 11 is -1.99. The van der Waals surface area contributed by atoms with E-state index in [1.54, 1.807) is 0 Å². The van der Waals surface area contributed by atoms with Crippen molar-refractivity contribution >= 4 is 68.2 Å². The molecule has 0 saturated carbocycles. The van der Waals surface area contributed by atoms with E-state index >= 15 is 0 Å². The molecule has 0 amide bonds. The second kappa shape index (κ2) is 16.4. The molecule has 7 aromatic rings. The standard InChI is InChI=1S/C54H62GeN2OSi3.Pt/c1-54(2,3)42-28-39(47-30-37(24-25-56-47)35-18-22-44(23-19-35)59(7,8)9)27-40(29-42)48-31-41-26-38(36-16-20-43(21-17-36)55(4,5)6)32-49-51(41)52(57-48)46-33-45(60(10,11)12)34-50(53(46)58-49)61(13,14)15;/h16-26,28-32,34H,1-15H3;/q-2;+2. The van der Waals surface area contributed by atoms with Gasteiger partial charge >= 0.3 is 238 Å². The molecule has 0 fully saturated rings. The van der Waals surface area contributed by atoms with Gasteiger partial charge in [-0.05, 0) is 22.6 Å². The summed E-state index contributed by atoms with van der Waals surface area (Å²) < 4.78 is 8.65. The van der Waals surface area contributed by atoms with E-state index in [0.717, 1.165) is 67.2 Å². The summed E-state index contributed by atoms with van der Waals surface area (Å²) in [5.74, 6) is 9.15. The monoisotopic (exact) mass is 1110 g/mol. The molecule has 2 aromatic heterocycles. The Morgan fingerprint density at radius 3 is 1.79 bits per heavy atom. The van der Waals surface area contributed by atoms with Crippen molar-refractivity contribution in [2.45, 2.75) is 102 Å². The minimum absolute atomic E-state index is 0. The van der Waals surface area contributed by atoms with Crippen LogP contribution in [0.1, 0.15) is 26.3 Å². The first kappa shape index (κ1) is 46.3. The van der Waals surface area contributed by atoms with Gasteiger partial charge in [-0.3, -0.25) is 4.98 Å². The maximum absolute atomic E-state index is 7.15. The average molecular weight is 1110 g/mol. The van der Waals surface area contributed by atoms with Crippen LogP contribution in [-0.4, -0.2) is 47.5 Å². The Morgan fingerprint density at radius 1 is 0.597 bits per heavy atom. The van der Waals surface area contributed by atoms with Gasteiger partial charge < -0.3 is 0 Å². The predicted molar refractivity (Wildman–Crippen MR) is 275 cm³/mol. The molecule has 1 aliphatic heterocycles. The number of hydrogen-bond donors (Lipinski definition) is 0. The van der Waals surface area contributed by atoms with Crippen LogP contribution in [0.2, 0.25) is 76.2 Å². The van der Waals surface area contributed by atoms with Crippen molar-refractivity contribution in [3.05, 3.63) is 121 Å². The van der Waals surface area contributed by atoms with Gasteiger partial charge in [0.05, 0.1) is 16.1 Å². The van der Waals surface area contributed by atoms with Crippen molar-refractivity contribution in [2.75, 3.05) is 0 Å². The fraction of sp³-hybridized carbons (Fsp3) is 0.296. The Labute approximate surface area is 391 Å². The molecule has 3 heterocycles. The van der Waals surface area contributed by atoms with Crippen LogP contribution in [0.3, 0.4) is 0 Å². The van der Waals surface area contributed by atoms with Gasteiger partial charge in [0.15, 0.2) is 0 Å². The van der Waals surface area contributed by atoms with Crippen molar-refractivity contribution in [1.29, 1.82) is 0 Å². The van der Waals surface area contributed by atoms with E-state index in [9.17, 15) is 0 Å². The molecule has 320 valence electrons. The van der Waals surface area contributed by atoms with Gasteiger partial charge in [0.2, 0.25) is 0 Å². The molecule has 0 atom stereocenters. The van der Waals surface area contributed by atoms with Gasteiger partial charge in [-0.1, -0.05) is 95.6 Å². The van der Waals surface area contributed by atoms with Crippen LogP contribution in [-0.2, 0) is 26.5 Å².